The Balaban J connectivity index is -0.000000125. The van der Waals surface area contributed by atoms with Crippen LogP contribution in [0.25, 0.3) is 0 Å². The summed E-state index contributed by atoms with van der Waals surface area (Å²) in [5.41, 5.74) is 0. The van der Waals surface area contributed by atoms with E-state index < -0.39 is 0 Å². The second kappa shape index (κ2) is 16.7. The Morgan fingerprint density at radius 1 is 1.38 bits per heavy atom. The summed E-state index contributed by atoms with van der Waals surface area (Å²) in [7, 11) is 0.597. The van der Waals surface area contributed by atoms with Gasteiger partial charge in [-0.3, -0.25) is 0 Å². The van der Waals surface area contributed by atoms with Crippen molar-refractivity contribution in [3.8, 4) is 0 Å². The van der Waals surface area contributed by atoms with E-state index in [1.807, 2.05) is 0 Å². The smallest absolute Gasteiger partial charge is 0 e. The van der Waals surface area contributed by atoms with Crippen LogP contribution < -0.4 is 0 Å². The van der Waals surface area contributed by atoms with Crippen LogP contribution in [0.1, 0.15) is 12.8 Å². The predicted molar refractivity (Wildman–Crippen MR) is 33.6 cm³/mol. The van der Waals surface area contributed by atoms with Crippen LogP contribution in [-0.4, -0.2) is 6.16 Å². The van der Waals surface area contributed by atoms with Crippen molar-refractivity contribution in [2.75, 3.05) is 6.16 Å². The predicted octanol–water partition coefficient (Wildman–Crippen LogP) is 2.43. The minimum absolute atomic E-state index is 0. The quantitative estimate of drug-likeness (QED) is 0.359. The molecule has 1 atom stereocenters. The summed E-state index contributed by atoms with van der Waals surface area (Å²) in [5.74, 6) is 0. The number of rotatable bonds is 3. The first-order chi connectivity index (χ1) is 2.91. The molecule has 0 spiro atoms. The van der Waals surface area contributed by atoms with E-state index in [9.17, 15) is 0 Å². The molecule has 0 bridgehead atoms. The van der Waals surface area contributed by atoms with Crippen LogP contribution in [0.5, 0.6) is 0 Å². The van der Waals surface area contributed by atoms with Gasteiger partial charge in [0.1, 0.15) is 0 Å². The third-order valence-corrected chi connectivity index (χ3v) is 1.63. The minimum Gasteiger partial charge on any atom is -0.343 e. The molecule has 0 amide bonds. The summed E-state index contributed by atoms with van der Waals surface area (Å²) in [5, 5.41) is 0. The van der Waals surface area contributed by atoms with Crippen LogP contribution in [-0.2, 0) is 0 Å². The van der Waals surface area contributed by atoms with E-state index in [1.165, 1.54) is 6.42 Å². The summed E-state index contributed by atoms with van der Waals surface area (Å²) in [6.45, 7) is 3.67. The van der Waals surface area contributed by atoms with Crippen molar-refractivity contribution in [3.05, 3.63) is 6.92 Å². The maximum Gasteiger partial charge on any atom is 0 e. The molecule has 1 unspecified atom stereocenters. The Kier molecular flexibility index (Phi) is 36.3. The summed E-state index contributed by atoms with van der Waals surface area (Å²) in [6, 6.07) is 0. The Hall–Kier alpha value is 3.29. The van der Waals surface area contributed by atoms with Gasteiger partial charge in [0, 0.05) is 77.2 Å². The van der Waals surface area contributed by atoms with Crippen molar-refractivity contribution in [1.82, 2.24) is 0 Å². The fourth-order valence-electron chi connectivity index (χ4n) is 0.192. The molecule has 0 saturated heterocycles. The molecular formula is C4H9ClPTb2-. The maximum atomic E-state index is 5.38. The van der Waals surface area contributed by atoms with Gasteiger partial charge in [-0.1, -0.05) is 6.42 Å². The van der Waals surface area contributed by atoms with Crippen LogP contribution in [0.2, 0.25) is 0 Å². The van der Waals surface area contributed by atoms with Crippen molar-refractivity contribution >= 4 is 19.2 Å². The van der Waals surface area contributed by atoms with E-state index in [-0.39, 0.29) is 77.2 Å². The van der Waals surface area contributed by atoms with Gasteiger partial charge in [0.05, 0.1) is 0 Å². The van der Waals surface area contributed by atoms with E-state index >= 15 is 0 Å². The third-order valence-electron chi connectivity index (χ3n) is 0.521. The van der Waals surface area contributed by atoms with Gasteiger partial charge in [-0.2, -0.15) is 6.42 Å². The third kappa shape index (κ3) is 16.1. The second-order valence-corrected chi connectivity index (χ2v) is 2.66. The molecule has 0 nitrogen and oxygen atoms in total. The van der Waals surface area contributed by atoms with Gasteiger partial charge < -0.3 is 6.92 Å². The molecule has 0 aliphatic rings. The number of halogens is 1. The molecule has 4 heteroatoms. The zero-order valence-electron chi connectivity index (χ0n) is 4.37. The molecule has 0 saturated carbocycles. The molecule has 2 radical (unpaired) electrons. The van der Waals surface area contributed by atoms with Gasteiger partial charge in [-0.25, -0.2) is 0 Å². The molecule has 0 aromatic rings. The van der Waals surface area contributed by atoms with Crippen molar-refractivity contribution in [1.29, 1.82) is 0 Å². The summed E-state index contributed by atoms with van der Waals surface area (Å²) >= 11 is 5.38. The first kappa shape index (κ1) is 17.4. The number of hydrogen-bond acceptors (Lipinski definition) is 0. The molecule has 0 N–H and O–H groups in total. The molecule has 56 valence electrons. The van der Waals surface area contributed by atoms with Crippen molar-refractivity contribution in [2.45, 2.75) is 12.8 Å². The molecule has 0 aromatic carbocycles. The molecule has 0 aromatic heterocycles. The van der Waals surface area contributed by atoms with Gasteiger partial charge in [-0.05, 0) is 14.1 Å². The van der Waals surface area contributed by atoms with E-state index in [4.69, 9.17) is 11.2 Å². The maximum absolute atomic E-state index is 5.38. The van der Waals surface area contributed by atoms with Gasteiger partial charge in [0.25, 0.3) is 0 Å². The van der Waals surface area contributed by atoms with Crippen LogP contribution in [0.3, 0.4) is 0 Å². The van der Waals surface area contributed by atoms with Gasteiger partial charge in [-0.15, -0.1) is 11.2 Å². The fourth-order valence-corrected chi connectivity index (χ4v) is 0.976. The molecule has 0 aliphatic heterocycles. The number of hydrogen-bond donors (Lipinski definition) is 0. The van der Waals surface area contributed by atoms with Crippen LogP contribution >= 0.6 is 19.2 Å². The van der Waals surface area contributed by atoms with Crippen molar-refractivity contribution < 1.29 is 77.2 Å². The van der Waals surface area contributed by atoms with Crippen molar-refractivity contribution in [3.63, 3.8) is 0 Å². The minimum atomic E-state index is 0. The molecule has 0 heterocycles. The Morgan fingerprint density at radius 2 is 1.88 bits per heavy atom. The molecule has 0 fully saturated rings. The topological polar surface area (TPSA) is 0 Å². The van der Waals surface area contributed by atoms with E-state index in [1.54, 1.807) is 0 Å². The van der Waals surface area contributed by atoms with E-state index in [0.717, 1.165) is 12.6 Å². The Bertz CT molecular complexity index is 26.0. The zero-order valence-corrected chi connectivity index (χ0v) is 10.4. The van der Waals surface area contributed by atoms with Gasteiger partial charge in [0.2, 0.25) is 0 Å². The molecular weight excluding hydrogens is 432 g/mol. The zero-order chi connectivity index (χ0) is 4.83. The molecule has 0 aliphatic carbocycles. The molecule has 8 heavy (non-hydrogen) atoms. The second-order valence-electron chi connectivity index (χ2n) is 1.09. The van der Waals surface area contributed by atoms with E-state index in [0.29, 0.717) is 7.93 Å². The van der Waals surface area contributed by atoms with E-state index in [2.05, 4.69) is 6.92 Å². The Morgan fingerprint density at radius 3 is 2.00 bits per heavy atom. The van der Waals surface area contributed by atoms with Gasteiger partial charge in [0.15, 0.2) is 0 Å². The molecule has 0 rings (SSSR count). The van der Waals surface area contributed by atoms with Crippen molar-refractivity contribution in [2.24, 2.45) is 0 Å². The Labute approximate surface area is 120 Å². The SMILES string of the molecule is [CH2-]CCCPCl.[Tb].[Tb]. The summed E-state index contributed by atoms with van der Waals surface area (Å²) in [6.07, 6.45) is 3.35. The summed E-state index contributed by atoms with van der Waals surface area (Å²) in [4.78, 5) is 0. The normalized spacial score (nSPS) is 8.25. The number of unbranched alkanes of at least 4 members (excludes halogenated alkanes) is 1. The van der Waals surface area contributed by atoms with Crippen LogP contribution in [0, 0.1) is 84.1 Å². The monoisotopic (exact) mass is 441 g/mol. The van der Waals surface area contributed by atoms with Crippen LogP contribution in [0.15, 0.2) is 0 Å². The van der Waals surface area contributed by atoms with Crippen LogP contribution in [0.4, 0.5) is 0 Å². The fraction of sp³-hybridized carbons (Fsp3) is 0.750. The summed E-state index contributed by atoms with van der Waals surface area (Å²) < 4.78 is 0. The van der Waals surface area contributed by atoms with Gasteiger partial charge >= 0.3 is 0 Å². The largest absolute Gasteiger partial charge is 0.343 e. The standard InChI is InChI=1S/C4H9ClP.2Tb/c1-2-3-4-6-5;;/h6H,1-4H2;;/q-1;;. The average Bonchev–Trinajstić information content (AvgIpc) is 1.61. The average molecular weight is 441 g/mol. The first-order valence-corrected chi connectivity index (χ1v) is 4.26. The first-order valence-electron chi connectivity index (χ1n) is 2.04.